The molecule has 0 aliphatic rings. The standard InChI is InChI=1S/C19H21N3OS.2ClH/c20-15(14-7-2-1-3-8-14)13-21-18(23)11-6-12-19-22-16-9-4-5-10-17(16)24-19;;/h1-5,7-10,15H,6,11-13,20H2,(H,21,23);2*1H. The van der Waals surface area contributed by atoms with Crippen molar-refractivity contribution in [3.63, 3.8) is 0 Å². The van der Waals surface area contributed by atoms with Gasteiger partial charge in [-0.3, -0.25) is 4.79 Å². The Labute approximate surface area is 170 Å². The van der Waals surface area contributed by atoms with Gasteiger partial charge in [-0.25, -0.2) is 4.98 Å². The Bertz CT molecular complexity index is 778. The van der Waals surface area contributed by atoms with Crippen LogP contribution in [0.25, 0.3) is 10.2 Å². The van der Waals surface area contributed by atoms with Gasteiger partial charge in [0.2, 0.25) is 5.91 Å². The maximum Gasteiger partial charge on any atom is 0.220 e. The Morgan fingerprint density at radius 3 is 2.50 bits per heavy atom. The SMILES string of the molecule is Cl.Cl.NC(CNC(=O)CCCc1nc2ccccc2s1)c1ccccc1. The number of thiazole rings is 1. The summed E-state index contributed by atoms with van der Waals surface area (Å²) in [7, 11) is 0. The minimum Gasteiger partial charge on any atom is -0.354 e. The molecule has 1 heterocycles. The molecule has 3 rings (SSSR count). The van der Waals surface area contributed by atoms with Gasteiger partial charge >= 0.3 is 0 Å². The third-order valence-corrected chi connectivity index (χ3v) is 4.98. The molecule has 3 aromatic rings. The topological polar surface area (TPSA) is 68.0 Å². The quantitative estimate of drug-likeness (QED) is 0.609. The maximum absolute atomic E-state index is 12.0. The molecule has 0 aliphatic heterocycles. The summed E-state index contributed by atoms with van der Waals surface area (Å²) >= 11 is 1.70. The lowest BCUT2D eigenvalue weighted by Crippen LogP contribution is -2.31. The Morgan fingerprint density at radius 1 is 1.08 bits per heavy atom. The average Bonchev–Trinajstić information content (AvgIpc) is 3.03. The van der Waals surface area contributed by atoms with Crippen molar-refractivity contribution in [3.05, 3.63) is 65.2 Å². The van der Waals surface area contributed by atoms with Gasteiger partial charge in [0.05, 0.1) is 15.2 Å². The summed E-state index contributed by atoms with van der Waals surface area (Å²) in [4.78, 5) is 16.5. The number of nitrogens with zero attached hydrogens (tertiary/aromatic N) is 1. The second-order valence-corrected chi connectivity index (χ2v) is 6.87. The van der Waals surface area contributed by atoms with Crippen molar-refractivity contribution < 1.29 is 4.79 Å². The zero-order chi connectivity index (χ0) is 16.8. The number of para-hydroxylation sites is 1. The van der Waals surface area contributed by atoms with E-state index < -0.39 is 0 Å². The summed E-state index contributed by atoms with van der Waals surface area (Å²) in [5, 5.41) is 4.00. The minimum absolute atomic E-state index is 0. The van der Waals surface area contributed by atoms with Crippen LogP contribution in [0.5, 0.6) is 0 Å². The van der Waals surface area contributed by atoms with Crippen LogP contribution in [0.3, 0.4) is 0 Å². The number of carbonyl (C=O) groups excluding carboxylic acids is 1. The predicted octanol–water partition coefficient (Wildman–Crippen LogP) is 4.28. The Hall–Kier alpha value is -1.66. The zero-order valence-electron chi connectivity index (χ0n) is 14.3. The minimum atomic E-state index is -0.167. The highest BCUT2D eigenvalue weighted by Gasteiger charge is 2.09. The van der Waals surface area contributed by atoms with E-state index in [9.17, 15) is 4.79 Å². The van der Waals surface area contributed by atoms with Crippen molar-refractivity contribution in [2.45, 2.75) is 25.3 Å². The third-order valence-electron chi connectivity index (χ3n) is 3.88. The molecule has 3 N–H and O–H groups in total. The number of aryl methyl sites for hydroxylation is 1. The lowest BCUT2D eigenvalue weighted by atomic mass is 10.1. The average molecular weight is 412 g/mol. The number of nitrogens with two attached hydrogens (primary N) is 1. The van der Waals surface area contributed by atoms with Crippen LogP contribution in [0.2, 0.25) is 0 Å². The molecule has 0 aliphatic carbocycles. The summed E-state index contributed by atoms with van der Waals surface area (Å²) in [6.07, 6.45) is 2.13. The van der Waals surface area contributed by atoms with Gasteiger partial charge in [-0.2, -0.15) is 0 Å². The molecule has 26 heavy (non-hydrogen) atoms. The molecule has 0 radical (unpaired) electrons. The smallest absolute Gasteiger partial charge is 0.220 e. The van der Waals surface area contributed by atoms with E-state index in [1.807, 2.05) is 48.5 Å². The number of carbonyl (C=O) groups is 1. The molecule has 1 unspecified atom stereocenters. The van der Waals surface area contributed by atoms with Crippen molar-refractivity contribution in [1.29, 1.82) is 0 Å². The van der Waals surface area contributed by atoms with Gasteiger partial charge in [-0.15, -0.1) is 36.2 Å². The lowest BCUT2D eigenvalue weighted by molar-refractivity contribution is -0.121. The summed E-state index contributed by atoms with van der Waals surface area (Å²) in [6, 6.07) is 17.8. The van der Waals surface area contributed by atoms with E-state index in [1.165, 1.54) is 4.70 Å². The van der Waals surface area contributed by atoms with Gasteiger partial charge < -0.3 is 11.1 Å². The van der Waals surface area contributed by atoms with Gasteiger partial charge in [0.15, 0.2) is 0 Å². The molecule has 0 fully saturated rings. The number of amides is 1. The molecule has 140 valence electrons. The van der Waals surface area contributed by atoms with Crippen LogP contribution in [0.15, 0.2) is 54.6 Å². The van der Waals surface area contributed by atoms with E-state index >= 15 is 0 Å². The molecule has 1 atom stereocenters. The normalized spacial score (nSPS) is 11.3. The van der Waals surface area contributed by atoms with E-state index in [0.29, 0.717) is 13.0 Å². The second kappa shape index (κ2) is 11.1. The summed E-state index contributed by atoms with van der Waals surface area (Å²) in [5.41, 5.74) is 8.16. The number of halogens is 2. The molecule has 0 saturated heterocycles. The van der Waals surface area contributed by atoms with Crippen molar-refractivity contribution >= 4 is 52.3 Å². The van der Waals surface area contributed by atoms with Crippen molar-refractivity contribution in [2.24, 2.45) is 5.73 Å². The highest BCUT2D eigenvalue weighted by molar-refractivity contribution is 7.18. The molecule has 2 aromatic carbocycles. The summed E-state index contributed by atoms with van der Waals surface area (Å²) in [5.74, 6) is 0.0440. The summed E-state index contributed by atoms with van der Waals surface area (Å²) < 4.78 is 1.20. The van der Waals surface area contributed by atoms with Crippen LogP contribution in [-0.4, -0.2) is 17.4 Å². The number of benzene rings is 2. The zero-order valence-corrected chi connectivity index (χ0v) is 16.7. The van der Waals surface area contributed by atoms with Gasteiger partial charge in [-0.1, -0.05) is 42.5 Å². The predicted molar refractivity (Wildman–Crippen MR) is 113 cm³/mol. The summed E-state index contributed by atoms with van der Waals surface area (Å²) in [6.45, 7) is 0.462. The van der Waals surface area contributed by atoms with Crippen LogP contribution in [0.1, 0.15) is 29.5 Å². The van der Waals surface area contributed by atoms with E-state index in [1.54, 1.807) is 11.3 Å². The fourth-order valence-corrected chi connectivity index (χ4v) is 3.57. The lowest BCUT2D eigenvalue weighted by Gasteiger charge is -2.13. The van der Waals surface area contributed by atoms with E-state index in [-0.39, 0.29) is 36.8 Å². The molecule has 0 spiro atoms. The van der Waals surface area contributed by atoms with E-state index in [0.717, 1.165) is 28.9 Å². The Morgan fingerprint density at radius 2 is 1.77 bits per heavy atom. The van der Waals surface area contributed by atoms with Crippen molar-refractivity contribution in [2.75, 3.05) is 6.54 Å². The number of hydrogen-bond acceptors (Lipinski definition) is 4. The van der Waals surface area contributed by atoms with Crippen LogP contribution in [0, 0.1) is 0 Å². The first kappa shape index (κ1) is 22.4. The number of rotatable bonds is 7. The molecule has 1 amide bonds. The largest absolute Gasteiger partial charge is 0.354 e. The monoisotopic (exact) mass is 411 g/mol. The number of aromatic nitrogens is 1. The van der Waals surface area contributed by atoms with Gasteiger partial charge in [0, 0.05) is 19.0 Å². The number of nitrogens with one attached hydrogen (secondary N) is 1. The van der Waals surface area contributed by atoms with Gasteiger partial charge in [-0.05, 0) is 30.5 Å². The van der Waals surface area contributed by atoms with Gasteiger partial charge in [0.1, 0.15) is 0 Å². The van der Waals surface area contributed by atoms with Crippen LogP contribution < -0.4 is 11.1 Å². The van der Waals surface area contributed by atoms with Crippen molar-refractivity contribution in [3.8, 4) is 0 Å². The Kier molecular flexibility index (Phi) is 9.59. The van der Waals surface area contributed by atoms with Crippen molar-refractivity contribution in [1.82, 2.24) is 10.3 Å². The maximum atomic E-state index is 12.0. The second-order valence-electron chi connectivity index (χ2n) is 5.75. The highest BCUT2D eigenvalue weighted by Crippen LogP contribution is 2.22. The molecule has 1 aromatic heterocycles. The fraction of sp³-hybridized carbons (Fsp3) is 0.263. The molecular formula is C19H23Cl2N3OS. The first-order chi connectivity index (χ1) is 11.7. The first-order valence-electron chi connectivity index (χ1n) is 8.14. The molecule has 7 heteroatoms. The molecular weight excluding hydrogens is 389 g/mol. The molecule has 0 bridgehead atoms. The number of fused-ring (bicyclic) bond motifs is 1. The highest BCUT2D eigenvalue weighted by atomic mass is 35.5. The van der Waals surface area contributed by atoms with Crippen LogP contribution in [-0.2, 0) is 11.2 Å². The third kappa shape index (κ3) is 6.25. The van der Waals surface area contributed by atoms with Crippen LogP contribution in [0.4, 0.5) is 0 Å². The van der Waals surface area contributed by atoms with Gasteiger partial charge in [0.25, 0.3) is 0 Å². The Balaban J connectivity index is 0.00000169. The molecule has 0 saturated carbocycles. The molecule has 4 nitrogen and oxygen atoms in total. The van der Waals surface area contributed by atoms with Crippen LogP contribution >= 0.6 is 36.2 Å². The van der Waals surface area contributed by atoms with E-state index in [2.05, 4.69) is 16.4 Å². The fourth-order valence-electron chi connectivity index (χ4n) is 2.56. The number of hydrogen-bond donors (Lipinski definition) is 2. The first-order valence-corrected chi connectivity index (χ1v) is 8.96. The van der Waals surface area contributed by atoms with E-state index in [4.69, 9.17) is 5.73 Å².